The topological polar surface area (TPSA) is 25.4 Å². The molecule has 0 radical (unpaired) electrons. The van der Waals surface area contributed by atoms with Gasteiger partial charge in [0.1, 0.15) is 17.4 Å². The van der Waals surface area contributed by atoms with Crippen molar-refractivity contribution in [3.8, 4) is 5.75 Å². The molecule has 1 aromatic carbocycles. The Morgan fingerprint density at radius 1 is 1.47 bits per heavy atom. The van der Waals surface area contributed by atoms with Crippen molar-refractivity contribution in [1.82, 2.24) is 4.98 Å². The summed E-state index contributed by atoms with van der Waals surface area (Å²) in [5, 5.41) is 3.17. The number of fused-ring (bicyclic) bond motifs is 1. The summed E-state index contributed by atoms with van der Waals surface area (Å²) in [7, 11) is 0. The zero-order valence-corrected chi connectivity index (χ0v) is 10.5. The highest BCUT2D eigenvalue weighted by molar-refractivity contribution is 7.09. The van der Waals surface area contributed by atoms with Gasteiger partial charge in [0.2, 0.25) is 0 Å². The summed E-state index contributed by atoms with van der Waals surface area (Å²) >= 11 is 1.70. The van der Waals surface area contributed by atoms with Gasteiger partial charge in [0.25, 0.3) is 0 Å². The first-order valence-corrected chi connectivity index (χ1v) is 6.59. The fourth-order valence-electron chi connectivity index (χ4n) is 2.07. The van der Waals surface area contributed by atoms with Crippen molar-refractivity contribution in [2.75, 3.05) is 11.5 Å². The Labute approximate surface area is 105 Å². The Morgan fingerprint density at radius 3 is 3.18 bits per heavy atom. The number of para-hydroxylation sites is 2. The molecule has 0 saturated carbocycles. The van der Waals surface area contributed by atoms with E-state index in [2.05, 4.69) is 28.9 Å². The highest BCUT2D eigenvalue weighted by Gasteiger charge is 2.24. The second-order valence-corrected chi connectivity index (χ2v) is 5.16. The van der Waals surface area contributed by atoms with Crippen LogP contribution < -0.4 is 9.64 Å². The first-order valence-electron chi connectivity index (χ1n) is 5.71. The minimum atomic E-state index is 0.383. The quantitative estimate of drug-likeness (QED) is 0.814. The van der Waals surface area contributed by atoms with Gasteiger partial charge in [-0.25, -0.2) is 4.98 Å². The molecule has 17 heavy (non-hydrogen) atoms. The summed E-state index contributed by atoms with van der Waals surface area (Å²) in [6.07, 6.45) is 1.86. The van der Waals surface area contributed by atoms with E-state index in [-0.39, 0.29) is 0 Å². The highest BCUT2D eigenvalue weighted by atomic mass is 32.1. The van der Waals surface area contributed by atoms with E-state index in [4.69, 9.17) is 4.74 Å². The van der Waals surface area contributed by atoms with Gasteiger partial charge in [-0.15, -0.1) is 11.3 Å². The van der Waals surface area contributed by atoms with Crippen LogP contribution in [0.1, 0.15) is 11.9 Å². The molecular formula is C13H14N2OS. The average molecular weight is 246 g/mol. The molecule has 1 aliphatic heterocycles. The van der Waals surface area contributed by atoms with Crippen molar-refractivity contribution < 1.29 is 4.74 Å². The molecule has 1 atom stereocenters. The van der Waals surface area contributed by atoms with Crippen molar-refractivity contribution >= 4 is 17.0 Å². The van der Waals surface area contributed by atoms with Crippen LogP contribution in [0.4, 0.5) is 5.69 Å². The number of benzene rings is 1. The Hall–Kier alpha value is -1.55. The fourth-order valence-corrected chi connectivity index (χ4v) is 2.69. The molecule has 0 spiro atoms. The van der Waals surface area contributed by atoms with Crippen LogP contribution in [-0.4, -0.2) is 17.6 Å². The predicted octanol–water partition coefficient (Wildman–Crippen LogP) is 2.93. The van der Waals surface area contributed by atoms with E-state index in [1.807, 2.05) is 23.7 Å². The molecule has 0 N–H and O–H groups in total. The van der Waals surface area contributed by atoms with E-state index in [0.717, 1.165) is 23.9 Å². The lowest BCUT2D eigenvalue weighted by Gasteiger charge is -2.36. The molecule has 2 aromatic rings. The zero-order chi connectivity index (χ0) is 11.7. The van der Waals surface area contributed by atoms with Gasteiger partial charge in [-0.2, -0.15) is 0 Å². The van der Waals surface area contributed by atoms with Crippen molar-refractivity contribution in [2.24, 2.45) is 0 Å². The van der Waals surface area contributed by atoms with Crippen molar-refractivity contribution in [1.29, 1.82) is 0 Å². The smallest absolute Gasteiger partial charge is 0.142 e. The summed E-state index contributed by atoms with van der Waals surface area (Å²) in [6.45, 7) is 3.78. The van der Waals surface area contributed by atoms with E-state index >= 15 is 0 Å². The van der Waals surface area contributed by atoms with Crippen molar-refractivity contribution in [3.63, 3.8) is 0 Å². The number of aromatic nitrogens is 1. The predicted molar refractivity (Wildman–Crippen MR) is 69.7 cm³/mol. The second-order valence-electron chi connectivity index (χ2n) is 4.18. The molecule has 2 heterocycles. The van der Waals surface area contributed by atoms with Crippen LogP contribution in [0.2, 0.25) is 0 Å². The van der Waals surface area contributed by atoms with E-state index in [0.29, 0.717) is 6.04 Å². The highest BCUT2D eigenvalue weighted by Crippen LogP contribution is 2.34. The molecule has 0 fully saturated rings. The lowest BCUT2D eigenvalue weighted by atomic mass is 10.2. The summed E-state index contributed by atoms with van der Waals surface area (Å²) in [5.41, 5.74) is 1.17. The van der Waals surface area contributed by atoms with Gasteiger partial charge in [0.15, 0.2) is 0 Å². The van der Waals surface area contributed by atoms with Crippen LogP contribution in [0.5, 0.6) is 5.75 Å². The third kappa shape index (κ3) is 2.00. The van der Waals surface area contributed by atoms with Gasteiger partial charge in [-0.1, -0.05) is 12.1 Å². The van der Waals surface area contributed by atoms with E-state index in [9.17, 15) is 0 Å². The number of hydrogen-bond acceptors (Lipinski definition) is 4. The Morgan fingerprint density at radius 2 is 2.35 bits per heavy atom. The molecule has 3 nitrogen and oxygen atoms in total. The number of ether oxygens (including phenoxy) is 1. The third-order valence-electron chi connectivity index (χ3n) is 2.98. The maximum Gasteiger partial charge on any atom is 0.142 e. The Balaban J connectivity index is 1.92. The summed E-state index contributed by atoms with van der Waals surface area (Å²) < 4.78 is 5.73. The maximum absolute atomic E-state index is 5.73. The number of nitrogens with zero attached hydrogens (tertiary/aromatic N) is 2. The van der Waals surface area contributed by atoms with Gasteiger partial charge in [-0.3, -0.25) is 0 Å². The third-order valence-corrected chi connectivity index (χ3v) is 3.74. The first kappa shape index (κ1) is 10.6. The van der Waals surface area contributed by atoms with E-state index < -0.39 is 0 Å². The number of hydrogen-bond donors (Lipinski definition) is 0. The van der Waals surface area contributed by atoms with Crippen LogP contribution >= 0.6 is 11.3 Å². The van der Waals surface area contributed by atoms with Gasteiger partial charge in [0, 0.05) is 11.6 Å². The van der Waals surface area contributed by atoms with Gasteiger partial charge < -0.3 is 9.64 Å². The summed E-state index contributed by atoms with van der Waals surface area (Å²) in [5.74, 6) is 0.974. The summed E-state index contributed by atoms with van der Waals surface area (Å²) in [6, 6.07) is 8.58. The fraction of sp³-hybridized carbons (Fsp3) is 0.308. The molecule has 88 valence electrons. The largest absolute Gasteiger partial charge is 0.489 e. The molecule has 0 saturated heterocycles. The average Bonchev–Trinajstić information content (AvgIpc) is 2.86. The molecular weight excluding hydrogens is 232 g/mol. The van der Waals surface area contributed by atoms with E-state index in [1.54, 1.807) is 11.3 Å². The molecule has 1 unspecified atom stereocenters. The first-order chi connectivity index (χ1) is 8.34. The Bertz CT molecular complexity index is 498. The molecule has 3 rings (SSSR count). The molecule has 0 bridgehead atoms. The number of anilines is 1. The lowest BCUT2D eigenvalue weighted by Crippen LogP contribution is -2.40. The van der Waals surface area contributed by atoms with Crippen molar-refractivity contribution in [2.45, 2.75) is 19.5 Å². The zero-order valence-electron chi connectivity index (χ0n) is 9.67. The maximum atomic E-state index is 5.73. The Kier molecular flexibility index (Phi) is 2.73. The van der Waals surface area contributed by atoms with Crippen LogP contribution in [0.3, 0.4) is 0 Å². The molecule has 1 aromatic heterocycles. The molecule has 1 aliphatic rings. The number of rotatable bonds is 2. The van der Waals surface area contributed by atoms with Crippen LogP contribution in [0.15, 0.2) is 35.8 Å². The van der Waals surface area contributed by atoms with Gasteiger partial charge in [0.05, 0.1) is 18.3 Å². The van der Waals surface area contributed by atoms with Crippen molar-refractivity contribution in [3.05, 3.63) is 40.8 Å². The SMILES string of the molecule is CC1COc2ccccc2N1Cc1nccs1. The monoisotopic (exact) mass is 246 g/mol. The van der Waals surface area contributed by atoms with Crippen LogP contribution in [0, 0.1) is 0 Å². The molecule has 0 amide bonds. The minimum Gasteiger partial charge on any atom is -0.489 e. The summed E-state index contributed by atoms with van der Waals surface area (Å²) in [4.78, 5) is 6.71. The molecule has 0 aliphatic carbocycles. The standard InChI is InChI=1S/C13H14N2OS/c1-10-9-16-12-5-3-2-4-11(12)15(10)8-13-14-6-7-17-13/h2-7,10H,8-9H2,1H3. The normalized spacial score (nSPS) is 18.6. The number of thiazole rings is 1. The van der Waals surface area contributed by atoms with Gasteiger partial charge >= 0.3 is 0 Å². The molecule has 4 heteroatoms. The second kappa shape index (κ2) is 4.37. The van der Waals surface area contributed by atoms with Gasteiger partial charge in [-0.05, 0) is 19.1 Å². The van der Waals surface area contributed by atoms with Crippen LogP contribution in [-0.2, 0) is 6.54 Å². The van der Waals surface area contributed by atoms with E-state index in [1.165, 1.54) is 5.69 Å². The lowest BCUT2D eigenvalue weighted by molar-refractivity contribution is 0.269. The van der Waals surface area contributed by atoms with Crippen LogP contribution in [0.25, 0.3) is 0 Å². The minimum absolute atomic E-state index is 0.383.